The molecule has 0 bridgehead atoms. The van der Waals surface area contributed by atoms with Crippen molar-refractivity contribution < 1.29 is 4.55 Å². The first-order valence-electron chi connectivity index (χ1n) is 8.91. The van der Waals surface area contributed by atoms with Gasteiger partial charge in [0.25, 0.3) is 0 Å². The Bertz CT molecular complexity index is 744. The quantitative estimate of drug-likeness (QED) is 0.835. The number of halogens is 1. The molecule has 1 unspecified atom stereocenters. The summed E-state index contributed by atoms with van der Waals surface area (Å²) in [6, 6.07) is 7.07. The zero-order valence-electron chi connectivity index (χ0n) is 14.3. The average Bonchev–Trinajstić information content (AvgIpc) is 2.85. The second-order valence-electron chi connectivity index (χ2n) is 7.40. The summed E-state index contributed by atoms with van der Waals surface area (Å²) in [4.78, 5) is 5.99. The topological polar surface area (TPSA) is 42.1 Å². The highest BCUT2D eigenvalue weighted by molar-refractivity contribution is 7.90. The monoisotopic (exact) mass is 364 g/mol. The van der Waals surface area contributed by atoms with Crippen LogP contribution in [0.2, 0.25) is 5.15 Å². The van der Waals surface area contributed by atoms with Crippen molar-refractivity contribution in [3.8, 4) is 0 Å². The van der Waals surface area contributed by atoms with Crippen molar-refractivity contribution >= 4 is 33.7 Å². The number of hydrogen-bond acceptors (Lipinski definition) is 2. The van der Waals surface area contributed by atoms with Crippen molar-refractivity contribution in [3.05, 3.63) is 34.5 Å². The van der Waals surface area contributed by atoms with E-state index in [1.165, 1.54) is 16.5 Å². The number of aromatic nitrogens is 1. The molecular weight excluding hydrogens is 340 g/mol. The van der Waals surface area contributed by atoms with Gasteiger partial charge in [-0.2, -0.15) is 0 Å². The Balaban J connectivity index is 1.76. The molecule has 0 spiro atoms. The minimum atomic E-state index is -0.726. The minimum absolute atomic E-state index is 0.523. The van der Waals surface area contributed by atoms with E-state index in [4.69, 9.17) is 11.6 Å². The molecule has 0 radical (unpaired) electrons. The van der Waals surface area contributed by atoms with Crippen molar-refractivity contribution in [2.45, 2.75) is 38.1 Å². The van der Waals surface area contributed by atoms with Gasteiger partial charge in [0.15, 0.2) is 0 Å². The standard InChI is InChI=1S/C19H25ClN2OS/c1-3-7-22-10-12(11-24(2)23)8-14-13-5-4-6-16-18(13)15(9-17(14)22)19(20)21-16/h4-6,12,14,17,21H,3,7-11H2,1-2H3/t12-,14-,17-,24?/m1/s1. The van der Waals surface area contributed by atoms with Crippen LogP contribution in [0.5, 0.6) is 0 Å². The molecule has 5 heteroatoms. The van der Waals surface area contributed by atoms with Gasteiger partial charge < -0.3 is 9.54 Å². The lowest BCUT2D eigenvalue weighted by atomic mass is 9.72. The Hall–Kier alpha value is -0.680. The number of likely N-dealkylation sites (tertiary alicyclic amines) is 1. The van der Waals surface area contributed by atoms with Crippen LogP contribution in [0.25, 0.3) is 10.9 Å². The van der Waals surface area contributed by atoms with Gasteiger partial charge in [0.2, 0.25) is 0 Å². The van der Waals surface area contributed by atoms with Gasteiger partial charge in [-0.1, -0.05) is 41.8 Å². The first-order chi connectivity index (χ1) is 11.6. The van der Waals surface area contributed by atoms with E-state index in [9.17, 15) is 4.55 Å². The van der Waals surface area contributed by atoms with Crippen LogP contribution in [0.1, 0.15) is 36.8 Å². The molecule has 3 nitrogen and oxygen atoms in total. The second-order valence-corrected chi connectivity index (χ2v) is 9.26. The summed E-state index contributed by atoms with van der Waals surface area (Å²) in [7, 11) is 0. The molecule has 0 saturated carbocycles. The summed E-state index contributed by atoms with van der Waals surface area (Å²) >= 11 is 5.79. The van der Waals surface area contributed by atoms with Crippen molar-refractivity contribution in [3.63, 3.8) is 0 Å². The molecule has 1 aliphatic carbocycles. The van der Waals surface area contributed by atoms with E-state index in [1.807, 2.05) is 6.26 Å². The number of nitrogens with zero attached hydrogens (tertiary/aromatic N) is 1. The lowest BCUT2D eigenvalue weighted by Crippen LogP contribution is -2.51. The first-order valence-corrected chi connectivity index (χ1v) is 11.0. The predicted octanol–water partition coefficient (Wildman–Crippen LogP) is 3.94. The molecule has 1 saturated heterocycles. The summed E-state index contributed by atoms with van der Waals surface area (Å²) in [6.45, 7) is 4.43. The maximum Gasteiger partial charge on any atom is 0.110 e. The van der Waals surface area contributed by atoms with Gasteiger partial charge in [0.05, 0.1) is 6.26 Å². The van der Waals surface area contributed by atoms with Gasteiger partial charge in [0, 0.05) is 35.3 Å². The van der Waals surface area contributed by atoms with E-state index >= 15 is 0 Å². The van der Waals surface area contributed by atoms with E-state index in [1.54, 1.807) is 0 Å². The van der Waals surface area contributed by atoms with Gasteiger partial charge >= 0.3 is 0 Å². The van der Waals surface area contributed by atoms with E-state index in [2.05, 4.69) is 35.0 Å². The zero-order chi connectivity index (χ0) is 16.8. The van der Waals surface area contributed by atoms with Crippen LogP contribution in [-0.2, 0) is 17.6 Å². The third kappa shape index (κ3) is 2.78. The number of aromatic amines is 1. The zero-order valence-corrected chi connectivity index (χ0v) is 15.9. The number of fused-ring (bicyclic) bond motifs is 2. The van der Waals surface area contributed by atoms with Gasteiger partial charge in [-0.15, -0.1) is 0 Å². The Morgan fingerprint density at radius 3 is 3.00 bits per heavy atom. The van der Waals surface area contributed by atoms with Crippen LogP contribution in [0.15, 0.2) is 18.2 Å². The van der Waals surface area contributed by atoms with Crippen LogP contribution in [0, 0.1) is 5.92 Å². The van der Waals surface area contributed by atoms with Gasteiger partial charge in [-0.3, -0.25) is 4.90 Å². The third-order valence-electron chi connectivity index (χ3n) is 5.72. The van der Waals surface area contributed by atoms with Crippen molar-refractivity contribution in [1.82, 2.24) is 9.88 Å². The van der Waals surface area contributed by atoms with Crippen LogP contribution < -0.4 is 0 Å². The molecule has 2 heterocycles. The Morgan fingerprint density at radius 2 is 2.25 bits per heavy atom. The minimum Gasteiger partial charge on any atom is -0.617 e. The molecule has 1 fully saturated rings. The fraction of sp³-hybridized carbons (Fsp3) is 0.579. The smallest absolute Gasteiger partial charge is 0.110 e. The second kappa shape index (κ2) is 6.56. The summed E-state index contributed by atoms with van der Waals surface area (Å²) < 4.78 is 11.8. The van der Waals surface area contributed by atoms with Crippen molar-refractivity contribution in [2.75, 3.05) is 25.1 Å². The average molecular weight is 365 g/mol. The predicted molar refractivity (Wildman–Crippen MR) is 102 cm³/mol. The van der Waals surface area contributed by atoms with Gasteiger partial charge in [-0.05, 0) is 43.0 Å². The number of piperidine rings is 1. The molecule has 2 aliphatic rings. The number of nitrogens with one attached hydrogen (secondary N) is 1. The molecule has 130 valence electrons. The molecule has 1 N–H and O–H groups in total. The number of H-pyrrole nitrogens is 1. The molecule has 0 amide bonds. The van der Waals surface area contributed by atoms with E-state index in [0.29, 0.717) is 17.9 Å². The maximum absolute atomic E-state index is 11.8. The van der Waals surface area contributed by atoms with E-state index in [0.717, 1.165) is 48.8 Å². The highest BCUT2D eigenvalue weighted by Gasteiger charge is 2.41. The van der Waals surface area contributed by atoms with E-state index < -0.39 is 11.2 Å². The molecule has 1 aliphatic heterocycles. The SMILES string of the molecule is CCCN1C[C@H](C[S+](C)[O-])C[C@@H]2c3cccc4[nH]c(Cl)c(c34)C[C@H]21. The Kier molecular flexibility index (Phi) is 4.59. The maximum atomic E-state index is 11.8. The third-order valence-corrected chi connectivity index (χ3v) is 6.98. The van der Waals surface area contributed by atoms with Gasteiger partial charge in [-0.25, -0.2) is 0 Å². The number of rotatable bonds is 4. The van der Waals surface area contributed by atoms with Crippen molar-refractivity contribution in [2.24, 2.45) is 5.92 Å². The molecule has 1 aromatic heterocycles. The summed E-state index contributed by atoms with van der Waals surface area (Å²) in [5.41, 5.74) is 3.89. The molecule has 2 aromatic rings. The summed E-state index contributed by atoms with van der Waals surface area (Å²) in [6.07, 6.45) is 5.17. The van der Waals surface area contributed by atoms with Crippen LogP contribution >= 0.6 is 11.6 Å². The fourth-order valence-electron chi connectivity index (χ4n) is 4.94. The molecule has 4 rings (SSSR count). The summed E-state index contributed by atoms with van der Waals surface area (Å²) in [5, 5.41) is 2.16. The highest BCUT2D eigenvalue weighted by Crippen LogP contribution is 2.46. The summed E-state index contributed by atoms with van der Waals surface area (Å²) in [5.74, 6) is 1.87. The van der Waals surface area contributed by atoms with Crippen LogP contribution in [0.4, 0.5) is 0 Å². The molecule has 24 heavy (non-hydrogen) atoms. The van der Waals surface area contributed by atoms with Crippen molar-refractivity contribution in [1.29, 1.82) is 0 Å². The Morgan fingerprint density at radius 1 is 1.42 bits per heavy atom. The fourth-order valence-corrected chi connectivity index (χ4v) is 6.12. The van der Waals surface area contributed by atoms with Gasteiger partial charge in [0.1, 0.15) is 10.9 Å². The lowest BCUT2D eigenvalue weighted by Gasteiger charge is -2.47. The molecular formula is C19H25ClN2OS. The van der Waals surface area contributed by atoms with Crippen LogP contribution in [-0.4, -0.2) is 45.6 Å². The molecule has 1 aromatic carbocycles. The largest absolute Gasteiger partial charge is 0.617 e. The highest BCUT2D eigenvalue weighted by atomic mass is 35.5. The first kappa shape index (κ1) is 16.8. The number of benzene rings is 1. The number of hydrogen-bond donors (Lipinski definition) is 1. The Labute approximate surface area is 151 Å². The molecule has 4 atom stereocenters. The normalized spacial score (nSPS) is 28.1. The van der Waals surface area contributed by atoms with E-state index in [-0.39, 0.29) is 0 Å². The van der Waals surface area contributed by atoms with Crippen LogP contribution in [0.3, 0.4) is 0 Å². The lowest BCUT2D eigenvalue weighted by molar-refractivity contribution is 0.0921.